The topological polar surface area (TPSA) is 86.7 Å². The van der Waals surface area contributed by atoms with Crippen LogP contribution in [0, 0.1) is 0 Å². The van der Waals surface area contributed by atoms with Crippen molar-refractivity contribution in [1.29, 1.82) is 0 Å². The Kier molecular flexibility index (Phi) is 5.77. The number of hydrogen-bond donors (Lipinski definition) is 0. The van der Waals surface area contributed by atoms with E-state index in [1.807, 2.05) is 12.1 Å². The third kappa shape index (κ3) is 4.25. The number of rotatable bonds is 4. The van der Waals surface area contributed by atoms with Crippen molar-refractivity contribution in [2.75, 3.05) is 44.2 Å². The summed E-state index contributed by atoms with van der Waals surface area (Å²) in [6, 6.07) is 10.1. The van der Waals surface area contributed by atoms with Crippen molar-refractivity contribution < 1.29 is 13.2 Å². The summed E-state index contributed by atoms with van der Waals surface area (Å²) in [7, 11) is -3.48. The molecule has 0 saturated carbocycles. The van der Waals surface area contributed by atoms with E-state index in [1.54, 1.807) is 39.7 Å². The molecule has 4 rings (SSSR count). The van der Waals surface area contributed by atoms with Gasteiger partial charge >= 0.3 is 0 Å². The Morgan fingerprint density at radius 3 is 2.17 bits per heavy atom. The van der Waals surface area contributed by atoms with Crippen LogP contribution in [0.3, 0.4) is 0 Å². The van der Waals surface area contributed by atoms with Crippen LogP contribution in [0.5, 0.6) is 0 Å². The molecule has 0 bridgehead atoms. The number of carbonyl (C=O) groups excluding carboxylic acids is 1. The monoisotopic (exact) mass is 415 g/mol. The zero-order chi connectivity index (χ0) is 20.3. The van der Waals surface area contributed by atoms with Gasteiger partial charge in [-0.3, -0.25) is 4.79 Å². The average molecular weight is 416 g/mol. The first kappa shape index (κ1) is 19.8. The second-order valence-corrected chi connectivity index (χ2v) is 9.29. The fourth-order valence-corrected chi connectivity index (χ4v) is 5.32. The number of anilines is 1. The molecule has 0 spiro atoms. The number of carbonyl (C=O) groups is 1. The van der Waals surface area contributed by atoms with E-state index >= 15 is 0 Å². The number of sulfonamides is 1. The molecule has 9 heteroatoms. The zero-order valence-corrected chi connectivity index (χ0v) is 17.1. The van der Waals surface area contributed by atoms with E-state index in [9.17, 15) is 13.2 Å². The summed E-state index contributed by atoms with van der Waals surface area (Å²) in [5.74, 6) is 0.734. The fourth-order valence-electron chi connectivity index (χ4n) is 3.81. The van der Waals surface area contributed by atoms with E-state index in [0.717, 1.165) is 25.1 Å². The third-order valence-electron chi connectivity index (χ3n) is 5.50. The van der Waals surface area contributed by atoms with Crippen molar-refractivity contribution in [2.24, 2.45) is 0 Å². The maximum Gasteiger partial charge on any atom is 0.253 e. The number of benzene rings is 1. The van der Waals surface area contributed by atoms with Crippen LogP contribution >= 0.6 is 0 Å². The van der Waals surface area contributed by atoms with Crippen LogP contribution in [0.1, 0.15) is 29.6 Å². The van der Waals surface area contributed by atoms with Gasteiger partial charge in [0.1, 0.15) is 0 Å². The summed E-state index contributed by atoms with van der Waals surface area (Å²) in [5.41, 5.74) is 0.510. The van der Waals surface area contributed by atoms with Crippen molar-refractivity contribution >= 4 is 21.7 Å². The first-order valence-electron chi connectivity index (χ1n) is 9.98. The molecule has 1 aromatic carbocycles. The average Bonchev–Trinajstić information content (AvgIpc) is 2.80. The van der Waals surface area contributed by atoms with Gasteiger partial charge < -0.3 is 9.80 Å². The van der Waals surface area contributed by atoms with E-state index in [4.69, 9.17) is 0 Å². The molecule has 8 nitrogen and oxygen atoms in total. The Hall–Kier alpha value is -2.52. The van der Waals surface area contributed by atoms with Crippen molar-refractivity contribution in [3.05, 3.63) is 48.2 Å². The van der Waals surface area contributed by atoms with E-state index in [2.05, 4.69) is 15.1 Å². The highest BCUT2D eigenvalue weighted by atomic mass is 32.2. The van der Waals surface area contributed by atoms with Gasteiger partial charge in [0.25, 0.3) is 5.91 Å². The molecular formula is C20H25N5O3S. The van der Waals surface area contributed by atoms with Crippen molar-refractivity contribution in [2.45, 2.75) is 24.2 Å². The Morgan fingerprint density at radius 2 is 1.55 bits per heavy atom. The smallest absolute Gasteiger partial charge is 0.253 e. The predicted octanol–water partition coefficient (Wildman–Crippen LogP) is 1.61. The van der Waals surface area contributed by atoms with Crippen LogP contribution in [0.2, 0.25) is 0 Å². The maximum atomic E-state index is 12.8. The lowest BCUT2D eigenvalue weighted by Gasteiger charge is -2.35. The lowest BCUT2D eigenvalue weighted by molar-refractivity contribution is 0.0746. The highest BCUT2D eigenvalue weighted by Gasteiger charge is 2.27. The summed E-state index contributed by atoms with van der Waals surface area (Å²) < 4.78 is 27.1. The van der Waals surface area contributed by atoms with E-state index in [-0.39, 0.29) is 10.8 Å². The summed E-state index contributed by atoms with van der Waals surface area (Å²) in [6.45, 7) is 3.68. The summed E-state index contributed by atoms with van der Waals surface area (Å²) >= 11 is 0. The third-order valence-corrected chi connectivity index (χ3v) is 7.42. The number of piperazine rings is 1. The highest BCUT2D eigenvalue weighted by molar-refractivity contribution is 7.89. The fraction of sp³-hybridized carbons (Fsp3) is 0.450. The quantitative estimate of drug-likeness (QED) is 0.754. The molecule has 1 amide bonds. The maximum absolute atomic E-state index is 12.8. The molecule has 3 heterocycles. The van der Waals surface area contributed by atoms with Crippen LogP contribution in [0.25, 0.3) is 0 Å². The van der Waals surface area contributed by atoms with Gasteiger partial charge in [-0.25, -0.2) is 8.42 Å². The largest absolute Gasteiger partial charge is 0.352 e. The number of nitrogens with zero attached hydrogens (tertiary/aromatic N) is 5. The normalized spacial score (nSPS) is 18.6. The minimum Gasteiger partial charge on any atom is -0.352 e. The van der Waals surface area contributed by atoms with Crippen LogP contribution in [0.15, 0.2) is 47.5 Å². The Labute approximate surface area is 171 Å². The van der Waals surface area contributed by atoms with Gasteiger partial charge in [0.15, 0.2) is 5.82 Å². The minimum atomic E-state index is -3.48. The predicted molar refractivity (Wildman–Crippen MR) is 109 cm³/mol. The molecule has 0 atom stereocenters. The van der Waals surface area contributed by atoms with Crippen LogP contribution in [-0.2, 0) is 10.0 Å². The number of amides is 1. The second-order valence-electron chi connectivity index (χ2n) is 7.35. The molecule has 29 heavy (non-hydrogen) atoms. The lowest BCUT2D eigenvalue weighted by Crippen LogP contribution is -2.49. The molecule has 2 saturated heterocycles. The van der Waals surface area contributed by atoms with E-state index in [0.29, 0.717) is 44.8 Å². The number of piperidine rings is 1. The number of hydrogen-bond acceptors (Lipinski definition) is 6. The summed E-state index contributed by atoms with van der Waals surface area (Å²) in [6.07, 6.45) is 4.51. The SMILES string of the molecule is O=C(c1ccc(S(=O)(=O)N2CCCCC2)cc1)N1CCN(c2cccnn2)CC1. The summed E-state index contributed by atoms with van der Waals surface area (Å²) in [5, 5.41) is 8.01. The van der Waals surface area contributed by atoms with E-state index < -0.39 is 10.0 Å². The van der Waals surface area contributed by atoms with Gasteiger partial charge in [0.05, 0.1) is 4.90 Å². The molecular weight excluding hydrogens is 390 g/mol. The van der Waals surface area contributed by atoms with Gasteiger partial charge in [-0.1, -0.05) is 6.42 Å². The minimum absolute atomic E-state index is 0.0780. The van der Waals surface area contributed by atoms with Crippen molar-refractivity contribution in [3.8, 4) is 0 Å². The first-order valence-corrected chi connectivity index (χ1v) is 11.4. The lowest BCUT2D eigenvalue weighted by atomic mass is 10.2. The molecule has 2 fully saturated rings. The molecule has 2 aliphatic rings. The van der Waals surface area contributed by atoms with Gasteiger partial charge in [-0.15, -0.1) is 5.10 Å². The number of aromatic nitrogens is 2. The Morgan fingerprint density at radius 1 is 0.862 bits per heavy atom. The van der Waals surface area contributed by atoms with E-state index in [1.165, 1.54) is 0 Å². The highest BCUT2D eigenvalue weighted by Crippen LogP contribution is 2.21. The van der Waals surface area contributed by atoms with Crippen molar-refractivity contribution in [1.82, 2.24) is 19.4 Å². The van der Waals surface area contributed by atoms with Crippen LogP contribution in [0.4, 0.5) is 5.82 Å². The molecule has 154 valence electrons. The molecule has 2 aliphatic heterocycles. The zero-order valence-electron chi connectivity index (χ0n) is 16.3. The molecule has 2 aromatic rings. The second kappa shape index (κ2) is 8.46. The molecule has 0 unspecified atom stereocenters. The summed E-state index contributed by atoms with van der Waals surface area (Å²) in [4.78, 5) is 17.0. The standard InChI is InChI=1S/C20H25N5O3S/c26-20(24-15-13-23(14-16-24)19-5-4-10-21-22-19)17-6-8-18(9-7-17)29(27,28)25-11-2-1-3-12-25/h4-10H,1-3,11-16H2. The van der Waals surface area contributed by atoms with Gasteiger partial charge in [0.2, 0.25) is 10.0 Å². The van der Waals surface area contributed by atoms with Gasteiger partial charge in [-0.2, -0.15) is 9.40 Å². The van der Waals surface area contributed by atoms with Gasteiger partial charge in [-0.05, 0) is 49.2 Å². The Bertz CT molecular complexity index is 936. The van der Waals surface area contributed by atoms with Gasteiger partial charge in [0, 0.05) is 51.0 Å². The van der Waals surface area contributed by atoms with Crippen LogP contribution in [-0.4, -0.2) is 73.0 Å². The molecule has 1 aromatic heterocycles. The molecule has 0 N–H and O–H groups in total. The van der Waals surface area contributed by atoms with Crippen molar-refractivity contribution in [3.63, 3.8) is 0 Å². The first-order chi connectivity index (χ1) is 14.1. The molecule has 0 aliphatic carbocycles. The van der Waals surface area contributed by atoms with Crippen LogP contribution < -0.4 is 4.90 Å². The molecule has 0 radical (unpaired) electrons. The Balaban J connectivity index is 1.40.